The molecular formula is C12H22N2O. The molecule has 3 nitrogen and oxygen atoms in total. The number of ether oxygens (including phenoxy) is 1. The standard InChI is InChI=1S/C12H22N2O/c1-9-8-12(2,3)14-11(13-9)10-6-4-5-7-15-10/h5,7,9-11,13-14H,4,6,8H2,1-3H3/t9-,10-,11-/m0/s1. The van der Waals surface area contributed by atoms with Crippen LogP contribution in [-0.4, -0.2) is 23.9 Å². The van der Waals surface area contributed by atoms with Crippen LogP contribution in [0.25, 0.3) is 0 Å². The van der Waals surface area contributed by atoms with E-state index in [-0.39, 0.29) is 17.8 Å². The minimum atomic E-state index is 0.208. The van der Waals surface area contributed by atoms with Gasteiger partial charge in [0.25, 0.3) is 0 Å². The van der Waals surface area contributed by atoms with Gasteiger partial charge in [-0.2, -0.15) is 0 Å². The van der Waals surface area contributed by atoms with Gasteiger partial charge in [0.2, 0.25) is 0 Å². The zero-order valence-electron chi connectivity index (χ0n) is 9.92. The molecule has 0 bridgehead atoms. The van der Waals surface area contributed by atoms with E-state index >= 15 is 0 Å². The summed E-state index contributed by atoms with van der Waals surface area (Å²) >= 11 is 0. The molecule has 0 aliphatic carbocycles. The normalized spacial score (nSPS) is 39.8. The van der Waals surface area contributed by atoms with Crippen LogP contribution in [0.4, 0.5) is 0 Å². The lowest BCUT2D eigenvalue weighted by Gasteiger charge is -2.44. The highest BCUT2D eigenvalue weighted by molar-refractivity contribution is 4.96. The Bertz CT molecular complexity index is 250. The van der Waals surface area contributed by atoms with E-state index in [9.17, 15) is 0 Å². The van der Waals surface area contributed by atoms with Crippen LogP contribution in [0.2, 0.25) is 0 Å². The molecule has 2 aliphatic rings. The molecule has 0 radical (unpaired) electrons. The lowest BCUT2D eigenvalue weighted by molar-refractivity contribution is 0.0346. The molecule has 2 heterocycles. The van der Waals surface area contributed by atoms with E-state index in [1.165, 1.54) is 0 Å². The Hall–Kier alpha value is -0.540. The third-order valence-corrected chi connectivity index (χ3v) is 3.17. The first-order valence-electron chi connectivity index (χ1n) is 5.91. The first kappa shape index (κ1) is 11.0. The van der Waals surface area contributed by atoms with Crippen molar-refractivity contribution in [2.24, 2.45) is 0 Å². The quantitative estimate of drug-likeness (QED) is 0.692. The molecule has 86 valence electrons. The van der Waals surface area contributed by atoms with Crippen LogP contribution in [0.1, 0.15) is 40.0 Å². The van der Waals surface area contributed by atoms with Crippen molar-refractivity contribution in [3.05, 3.63) is 12.3 Å². The average Bonchev–Trinajstić information content (AvgIpc) is 2.16. The van der Waals surface area contributed by atoms with E-state index in [0.717, 1.165) is 19.3 Å². The second-order valence-corrected chi connectivity index (χ2v) is 5.40. The summed E-state index contributed by atoms with van der Waals surface area (Å²) in [6.45, 7) is 6.76. The van der Waals surface area contributed by atoms with Gasteiger partial charge in [-0.25, -0.2) is 0 Å². The second-order valence-electron chi connectivity index (χ2n) is 5.40. The maximum Gasteiger partial charge on any atom is 0.126 e. The van der Waals surface area contributed by atoms with E-state index in [0.29, 0.717) is 6.04 Å². The number of nitrogens with one attached hydrogen (secondary N) is 2. The lowest BCUT2D eigenvalue weighted by atomic mass is 9.91. The monoisotopic (exact) mass is 210 g/mol. The number of allylic oxidation sites excluding steroid dienone is 1. The van der Waals surface area contributed by atoms with Crippen molar-refractivity contribution >= 4 is 0 Å². The molecule has 0 aromatic heterocycles. The van der Waals surface area contributed by atoms with Gasteiger partial charge in [-0.05, 0) is 46.1 Å². The molecular weight excluding hydrogens is 188 g/mol. The molecule has 1 fully saturated rings. The lowest BCUT2D eigenvalue weighted by Crippen LogP contribution is -2.66. The van der Waals surface area contributed by atoms with E-state index in [1.54, 1.807) is 0 Å². The third kappa shape index (κ3) is 2.73. The summed E-state index contributed by atoms with van der Waals surface area (Å²) in [5.41, 5.74) is 0.208. The van der Waals surface area contributed by atoms with Gasteiger partial charge < -0.3 is 4.74 Å². The highest BCUT2D eigenvalue weighted by Gasteiger charge is 2.35. The third-order valence-electron chi connectivity index (χ3n) is 3.17. The van der Waals surface area contributed by atoms with Crippen molar-refractivity contribution in [1.29, 1.82) is 0 Å². The second kappa shape index (κ2) is 4.14. The Morgan fingerprint density at radius 1 is 1.40 bits per heavy atom. The first-order valence-corrected chi connectivity index (χ1v) is 5.91. The molecule has 0 saturated carbocycles. The molecule has 0 spiro atoms. The SMILES string of the molecule is C[C@H]1CC(C)(C)N[C@@H]([C@@H]2CCC=CO2)N1. The van der Waals surface area contributed by atoms with Gasteiger partial charge in [-0.1, -0.05) is 0 Å². The zero-order chi connectivity index (χ0) is 10.9. The predicted octanol–water partition coefficient (Wildman–Crippen LogP) is 1.76. The van der Waals surface area contributed by atoms with Crippen molar-refractivity contribution in [1.82, 2.24) is 10.6 Å². The fraction of sp³-hybridized carbons (Fsp3) is 0.833. The minimum absolute atomic E-state index is 0.208. The fourth-order valence-corrected chi connectivity index (χ4v) is 2.65. The molecule has 0 amide bonds. The van der Waals surface area contributed by atoms with E-state index in [2.05, 4.69) is 37.5 Å². The van der Waals surface area contributed by atoms with Crippen LogP contribution in [0.15, 0.2) is 12.3 Å². The van der Waals surface area contributed by atoms with Crippen molar-refractivity contribution in [3.63, 3.8) is 0 Å². The molecule has 0 aromatic carbocycles. The molecule has 1 saturated heterocycles. The average molecular weight is 210 g/mol. The largest absolute Gasteiger partial charge is 0.495 e. The fourth-order valence-electron chi connectivity index (χ4n) is 2.65. The summed E-state index contributed by atoms with van der Waals surface area (Å²) in [6, 6.07) is 0.556. The van der Waals surface area contributed by atoms with E-state index in [1.807, 2.05) is 6.26 Å². The molecule has 15 heavy (non-hydrogen) atoms. The van der Waals surface area contributed by atoms with Crippen molar-refractivity contribution in [2.75, 3.05) is 0 Å². The Morgan fingerprint density at radius 2 is 2.20 bits per heavy atom. The molecule has 3 atom stereocenters. The number of rotatable bonds is 1. The van der Waals surface area contributed by atoms with Crippen molar-refractivity contribution in [2.45, 2.75) is 63.9 Å². The summed E-state index contributed by atoms with van der Waals surface area (Å²) < 4.78 is 5.65. The van der Waals surface area contributed by atoms with Crippen LogP contribution in [0.5, 0.6) is 0 Å². The maximum atomic E-state index is 5.65. The predicted molar refractivity (Wildman–Crippen MR) is 61.5 cm³/mol. The highest BCUT2D eigenvalue weighted by atomic mass is 16.5. The topological polar surface area (TPSA) is 33.3 Å². The summed E-state index contributed by atoms with van der Waals surface area (Å²) in [5, 5.41) is 7.19. The summed E-state index contributed by atoms with van der Waals surface area (Å²) in [4.78, 5) is 0. The minimum Gasteiger partial charge on any atom is -0.495 e. The van der Waals surface area contributed by atoms with E-state index in [4.69, 9.17) is 4.74 Å². The van der Waals surface area contributed by atoms with Gasteiger partial charge in [0.05, 0.1) is 12.4 Å². The van der Waals surface area contributed by atoms with Crippen LogP contribution in [-0.2, 0) is 4.74 Å². The van der Waals surface area contributed by atoms with E-state index < -0.39 is 0 Å². The van der Waals surface area contributed by atoms with Gasteiger partial charge in [0.15, 0.2) is 0 Å². The summed E-state index contributed by atoms with van der Waals surface area (Å²) in [5.74, 6) is 0. The summed E-state index contributed by atoms with van der Waals surface area (Å²) in [7, 11) is 0. The van der Waals surface area contributed by atoms with Crippen molar-refractivity contribution < 1.29 is 4.74 Å². The van der Waals surface area contributed by atoms with Gasteiger partial charge in [-0.15, -0.1) is 0 Å². The molecule has 0 unspecified atom stereocenters. The maximum absolute atomic E-state index is 5.65. The van der Waals surface area contributed by atoms with Gasteiger partial charge >= 0.3 is 0 Å². The molecule has 3 heteroatoms. The van der Waals surface area contributed by atoms with Crippen LogP contribution in [0.3, 0.4) is 0 Å². The Balaban J connectivity index is 1.99. The number of hydrogen-bond acceptors (Lipinski definition) is 3. The van der Waals surface area contributed by atoms with Crippen LogP contribution >= 0.6 is 0 Å². The first-order chi connectivity index (χ1) is 7.07. The molecule has 2 N–H and O–H groups in total. The zero-order valence-corrected chi connectivity index (χ0v) is 9.92. The van der Waals surface area contributed by atoms with Gasteiger partial charge in [0.1, 0.15) is 6.10 Å². The summed E-state index contributed by atoms with van der Waals surface area (Å²) in [6.07, 6.45) is 7.87. The Kier molecular flexibility index (Phi) is 3.03. The van der Waals surface area contributed by atoms with Crippen molar-refractivity contribution in [3.8, 4) is 0 Å². The Morgan fingerprint density at radius 3 is 2.80 bits per heavy atom. The van der Waals surface area contributed by atoms with Gasteiger partial charge in [-0.3, -0.25) is 10.6 Å². The van der Waals surface area contributed by atoms with Gasteiger partial charge in [0, 0.05) is 11.6 Å². The molecule has 2 rings (SSSR count). The smallest absolute Gasteiger partial charge is 0.126 e. The number of hydrogen-bond donors (Lipinski definition) is 2. The molecule has 2 aliphatic heterocycles. The van der Waals surface area contributed by atoms with Crippen LogP contribution in [0, 0.1) is 0 Å². The highest BCUT2D eigenvalue weighted by Crippen LogP contribution is 2.22. The Labute approximate surface area is 92.3 Å². The molecule has 0 aromatic rings. The van der Waals surface area contributed by atoms with Crippen LogP contribution < -0.4 is 10.6 Å².